The Kier molecular flexibility index (Phi) is 5.31. The number of carbonyl (C=O) groups is 1. The zero-order chi connectivity index (χ0) is 22.7. The minimum atomic E-state index is 0.0764. The summed E-state index contributed by atoms with van der Waals surface area (Å²) in [6, 6.07) is 6.31. The number of likely N-dealkylation sites (tertiary alicyclic amines) is 1. The van der Waals surface area contributed by atoms with Crippen LogP contribution in [0, 0.1) is 23.7 Å². The van der Waals surface area contributed by atoms with Gasteiger partial charge in [0.05, 0.1) is 18.2 Å². The topological polar surface area (TPSA) is 46.5 Å². The number of hydrogen-bond donors (Lipinski definition) is 1. The molecular formula is C27H39N3O2. The third-order valence-electron chi connectivity index (χ3n) is 9.14. The van der Waals surface area contributed by atoms with Gasteiger partial charge in [0.25, 0.3) is 5.91 Å². The number of benzene rings is 1. The summed E-state index contributed by atoms with van der Waals surface area (Å²) in [6.45, 7) is 13.4. The van der Waals surface area contributed by atoms with Crippen molar-refractivity contribution in [2.45, 2.75) is 72.4 Å². The zero-order valence-corrected chi connectivity index (χ0v) is 20.5. The highest BCUT2D eigenvalue weighted by Gasteiger charge is 2.59. The molecule has 2 bridgehead atoms. The number of amides is 1. The number of fused-ring (bicyclic) bond motifs is 3. The number of nitrogens with zero attached hydrogens (tertiary/aromatic N) is 2. The number of para-hydroxylation sites is 1. The van der Waals surface area contributed by atoms with E-state index in [1.807, 2.05) is 12.1 Å². The van der Waals surface area contributed by atoms with Crippen molar-refractivity contribution < 1.29 is 9.53 Å². The number of hydrogen-bond acceptors (Lipinski definition) is 3. The Bertz CT molecular complexity index is 1030. The van der Waals surface area contributed by atoms with Gasteiger partial charge in [-0.05, 0) is 74.9 Å². The van der Waals surface area contributed by atoms with E-state index in [0.717, 1.165) is 41.0 Å². The number of methoxy groups -OCH3 is 1. The average Bonchev–Trinajstić information content (AvgIpc) is 3.50. The third-order valence-corrected chi connectivity index (χ3v) is 9.14. The van der Waals surface area contributed by atoms with Crippen LogP contribution in [0.1, 0.15) is 68.9 Å². The van der Waals surface area contributed by atoms with Gasteiger partial charge in [-0.3, -0.25) is 4.79 Å². The van der Waals surface area contributed by atoms with Gasteiger partial charge in [0.2, 0.25) is 0 Å². The molecule has 1 N–H and O–H groups in total. The smallest absolute Gasteiger partial charge is 0.253 e. The van der Waals surface area contributed by atoms with Gasteiger partial charge in [0, 0.05) is 30.2 Å². The summed E-state index contributed by atoms with van der Waals surface area (Å²) in [5, 5.41) is 4.54. The number of carbonyl (C=O) groups excluding carboxylic acids is 1. The van der Waals surface area contributed by atoms with E-state index >= 15 is 0 Å². The minimum Gasteiger partial charge on any atom is -0.495 e. The van der Waals surface area contributed by atoms with Crippen LogP contribution < -0.4 is 10.1 Å². The summed E-state index contributed by atoms with van der Waals surface area (Å²) in [5.41, 5.74) is 3.27. The standard InChI is InChI=1S/C27H39N3O2/c1-18-22(24(31)28-25-26(2,3)19-11-12-27(25,4)17-19)20-9-8-10-21(32-5)23(20)30(18)16-15-29-13-6-7-14-29/h8-10,19,25H,6-7,11-17H2,1-5H3,(H,28,31)/t19?,25-,27+/m1/s1. The molecule has 174 valence electrons. The summed E-state index contributed by atoms with van der Waals surface area (Å²) in [6.07, 6.45) is 6.33. The fraction of sp³-hybridized carbons (Fsp3) is 0.667. The summed E-state index contributed by atoms with van der Waals surface area (Å²) in [7, 11) is 1.72. The fourth-order valence-corrected chi connectivity index (χ4v) is 7.34. The van der Waals surface area contributed by atoms with Crippen molar-refractivity contribution in [2.75, 3.05) is 26.7 Å². The summed E-state index contributed by atoms with van der Waals surface area (Å²) >= 11 is 0. The molecular weight excluding hydrogens is 398 g/mol. The van der Waals surface area contributed by atoms with Gasteiger partial charge in [0.1, 0.15) is 5.75 Å². The van der Waals surface area contributed by atoms with E-state index in [0.29, 0.717) is 5.92 Å². The molecule has 1 amide bonds. The Hall–Kier alpha value is -2.01. The average molecular weight is 438 g/mol. The first-order chi connectivity index (χ1) is 15.3. The van der Waals surface area contributed by atoms with Crippen LogP contribution in [0.25, 0.3) is 10.9 Å². The van der Waals surface area contributed by atoms with E-state index < -0.39 is 0 Å². The highest BCUT2D eigenvalue weighted by Crippen LogP contribution is 2.62. The maximum atomic E-state index is 13.8. The molecule has 2 aliphatic carbocycles. The van der Waals surface area contributed by atoms with Crippen molar-refractivity contribution in [3.05, 3.63) is 29.5 Å². The predicted octanol–water partition coefficient (Wildman–Crippen LogP) is 5.00. The molecule has 2 saturated carbocycles. The van der Waals surface area contributed by atoms with E-state index in [-0.39, 0.29) is 22.8 Å². The van der Waals surface area contributed by atoms with Gasteiger partial charge in [0.15, 0.2) is 0 Å². The SMILES string of the molecule is COc1cccc2c(C(=O)N[C@@H]3C(C)(C)C4CC[C@@]3(C)C4)c(C)n(CCN3CCCC3)c12. The molecule has 1 unspecified atom stereocenters. The zero-order valence-electron chi connectivity index (χ0n) is 20.5. The molecule has 32 heavy (non-hydrogen) atoms. The number of rotatable bonds is 6. The van der Waals surface area contributed by atoms with Crippen LogP contribution in [0.4, 0.5) is 0 Å². The lowest BCUT2D eigenvalue weighted by Gasteiger charge is -2.43. The van der Waals surface area contributed by atoms with Gasteiger partial charge >= 0.3 is 0 Å². The van der Waals surface area contributed by atoms with Crippen molar-refractivity contribution in [1.82, 2.24) is 14.8 Å². The predicted molar refractivity (Wildman–Crippen MR) is 129 cm³/mol. The Balaban J connectivity index is 1.51. The molecule has 3 atom stereocenters. The molecule has 0 radical (unpaired) electrons. The lowest BCUT2D eigenvalue weighted by Crippen LogP contribution is -2.52. The fourth-order valence-electron chi connectivity index (χ4n) is 7.34. The van der Waals surface area contributed by atoms with Crippen LogP contribution >= 0.6 is 0 Å². The second-order valence-electron chi connectivity index (χ2n) is 11.3. The normalized spacial score (nSPS) is 29.2. The van der Waals surface area contributed by atoms with Crippen LogP contribution in [-0.2, 0) is 6.54 Å². The second kappa shape index (κ2) is 7.79. The molecule has 2 aromatic rings. The van der Waals surface area contributed by atoms with Crippen LogP contribution in [0.15, 0.2) is 18.2 Å². The molecule has 5 rings (SSSR count). The van der Waals surface area contributed by atoms with Crippen molar-refractivity contribution >= 4 is 16.8 Å². The van der Waals surface area contributed by atoms with Gasteiger partial charge in [-0.15, -0.1) is 0 Å². The molecule has 3 aliphatic rings. The lowest BCUT2D eigenvalue weighted by atomic mass is 9.68. The van der Waals surface area contributed by atoms with E-state index in [9.17, 15) is 4.79 Å². The largest absolute Gasteiger partial charge is 0.495 e. The highest BCUT2D eigenvalue weighted by molar-refractivity contribution is 6.09. The molecule has 1 aromatic heterocycles. The molecule has 5 nitrogen and oxygen atoms in total. The van der Waals surface area contributed by atoms with E-state index in [1.54, 1.807) is 7.11 Å². The van der Waals surface area contributed by atoms with Gasteiger partial charge < -0.3 is 19.5 Å². The molecule has 2 heterocycles. The second-order valence-corrected chi connectivity index (χ2v) is 11.3. The van der Waals surface area contributed by atoms with Crippen LogP contribution in [0.2, 0.25) is 0 Å². The van der Waals surface area contributed by atoms with Crippen molar-refractivity contribution in [3.8, 4) is 5.75 Å². The maximum Gasteiger partial charge on any atom is 0.253 e. The van der Waals surface area contributed by atoms with Crippen molar-refractivity contribution in [1.29, 1.82) is 0 Å². The first kappa shape index (κ1) is 21.8. The van der Waals surface area contributed by atoms with Crippen molar-refractivity contribution in [2.24, 2.45) is 16.7 Å². The molecule has 5 heteroatoms. The lowest BCUT2D eigenvalue weighted by molar-refractivity contribution is 0.0738. The first-order valence-electron chi connectivity index (χ1n) is 12.5. The summed E-state index contributed by atoms with van der Waals surface area (Å²) < 4.78 is 8.06. The Morgan fingerprint density at radius 3 is 2.59 bits per heavy atom. The number of ether oxygens (including phenoxy) is 1. The Morgan fingerprint density at radius 1 is 1.19 bits per heavy atom. The summed E-state index contributed by atoms with van der Waals surface area (Å²) in [5.74, 6) is 1.63. The Morgan fingerprint density at radius 2 is 1.94 bits per heavy atom. The number of aromatic nitrogens is 1. The molecule has 3 fully saturated rings. The minimum absolute atomic E-state index is 0.0764. The molecule has 1 aliphatic heterocycles. The van der Waals surface area contributed by atoms with E-state index in [1.165, 1.54) is 45.2 Å². The quantitative estimate of drug-likeness (QED) is 0.692. The van der Waals surface area contributed by atoms with Crippen molar-refractivity contribution in [3.63, 3.8) is 0 Å². The third kappa shape index (κ3) is 3.27. The molecule has 0 spiro atoms. The first-order valence-corrected chi connectivity index (χ1v) is 12.5. The molecule has 1 aromatic carbocycles. The molecule has 1 saturated heterocycles. The maximum absolute atomic E-state index is 13.8. The van der Waals surface area contributed by atoms with E-state index in [4.69, 9.17) is 4.74 Å². The number of nitrogens with one attached hydrogen (secondary N) is 1. The van der Waals surface area contributed by atoms with Crippen LogP contribution in [-0.4, -0.2) is 48.2 Å². The van der Waals surface area contributed by atoms with Crippen LogP contribution in [0.3, 0.4) is 0 Å². The van der Waals surface area contributed by atoms with Gasteiger partial charge in [-0.25, -0.2) is 0 Å². The van der Waals surface area contributed by atoms with Gasteiger partial charge in [-0.2, -0.15) is 0 Å². The van der Waals surface area contributed by atoms with Gasteiger partial charge in [-0.1, -0.05) is 32.9 Å². The summed E-state index contributed by atoms with van der Waals surface area (Å²) in [4.78, 5) is 16.4. The highest BCUT2D eigenvalue weighted by atomic mass is 16.5. The Labute approximate surface area is 192 Å². The van der Waals surface area contributed by atoms with Crippen LogP contribution in [0.5, 0.6) is 5.75 Å². The monoisotopic (exact) mass is 437 g/mol. The van der Waals surface area contributed by atoms with E-state index in [2.05, 4.69) is 48.5 Å².